The number of rotatable bonds is 3. The van der Waals surface area contributed by atoms with Gasteiger partial charge >= 0.3 is 0 Å². The van der Waals surface area contributed by atoms with Crippen LogP contribution in [0.2, 0.25) is 0 Å². The molecule has 0 N–H and O–H groups in total. The summed E-state index contributed by atoms with van der Waals surface area (Å²) in [5.41, 5.74) is -0.123. The monoisotopic (exact) mass is 204 g/mol. The third kappa shape index (κ3) is 2.69. The van der Waals surface area contributed by atoms with Gasteiger partial charge < -0.3 is 4.74 Å². The minimum Gasteiger partial charge on any atom is -0.488 e. The summed E-state index contributed by atoms with van der Waals surface area (Å²) in [5.74, 6) is -0.431. The molecule has 1 atom stereocenters. The van der Waals surface area contributed by atoms with Crippen LogP contribution in [-0.4, -0.2) is 6.10 Å². The van der Waals surface area contributed by atoms with Gasteiger partial charge in [0.1, 0.15) is 29.3 Å². The van der Waals surface area contributed by atoms with Gasteiger partial charge in [-0.25, -0.2) is 4.39 Å². The Hall–Kier alpha value is -2.07. The number of benzene rings is 1. The first-order chi connectivity index (χ1) is 7.19. The predicted molar refractivity (Wildman–Crippen MR) is 51.4 cm³/mol. The minimum absolute atomic E-state index is 0.123. The van der Waals surface area contributed by atoms with Gasteiger partial charge in [-0.3, -0.25) is 0 Å². The zero-order chi connectivity index (χ0) is 11.3. The Morgan fingerprint density at radius 2 is 2.20 bits per heavy atom. The highest BCUT2D eigenvalue weighted by molar-refractivity contribution is 5.43. The molecule has 0 fully saturated rings. The van der Waals surface area contributed by atoms with Crippen LogP contribution < -0.4 is 4.74 Å². The van der Waals surface area contributed by atoms with Crippen molar-refractivity contribution in [2.24, 2.45) is 0 Å². The smallest absolute Gasteiger partial charge is 0.144 e. The van der Waals surface area contributed by atoms with Crippen LogP contribution in [0.25, 0.3) is 0 Å². The Bertz CT molecular complexity index is 431. The summed E-state index contributed by atoms with van der Waals surface area (Å²) in [6.45, 7) is 1.69. The topological polar surface area (TPSA) is 56.8 Å². The van der Waals surface area contributed by atoms with E-state index in [4.69, 9.17) is 15.3 Å². The highest BCUT2D eigenvalue weighted by Gasteiger charge is 2.11. The molecule has 0 amide bonds. The Morgan fingerprint density at radius 1 is 1.47 bits per heavy atom. The molecular formula is C11H9FN2O. The molecule has 0 aliphatic rings. The van der Waals surface area contributed by atoms with E-state index >= 15 is 0 Å². The minimum atomic E-state index is -0.612. The van der Waals surface area contributed by atoms with E-state index in [1.807, 2.05) is 6.07 Å². The molecule has 76 valence electrons. The number of ether oxygens (including phenoxy) is 1. The van der Waals surface area contributed by atoms with Crippen molar-refractivity contribution in [2.45, 2.75) is 19.4 Å². The molecule has 0 bridgehead atoms. The first kappa shape index (κ1) is 11.0. The van der Waals surface area contributed by atoms with Crippen LogP contribution in [-0.2, 0) is 0 Å². The van der Waals surface area contributed by atoms with Crippen LogP contribution in [0.1, 0.15) is 18.9 Å². The summed E-state index contributed by atoms with van der Waals surface area (Å²) in [5, 5.41) is 17.1. The third-order valence-corrected chi connectivity index (χ3v) is 1.79. The van der Waals surface area contributed by atoms with Crippen LogP contribution in [0, 0.1) is 28.5 Å². The summed E-state index contributed by atoms with van der Waals surface area (Å²) in [6.07, 6.45) is -0.162. The van der Waals surface area contributed by atoms with Crippen LogP contribution in [0.5, 0.6) is 5.75 Å². The van der Waals surface area contributed by atoms with Gasteiger partial charge in [0.2, 0.25) is 0 Å². The van der Waals surface area contributed by atoms with Gasteiger partial charge in [-0.15, -0.1) is 0 Å². The van der Waals surface area contributed by atoms with Crippen molar-refractivity contribution in [3.8, 4) is 17.9 Å². The second-order valence-electron chi connectivity index (χ2n) is 3.02. The van der Waals surface area contributed by atoms with E-state index in [0.717, 1.165) is 0 Å². The Morgan fingerprint density at radius 3 is 2.80 bits per heavy atom. The first-order valence-electron chi connectivity index (χ1n) is 4.41. The van der Waals surface area contributed by atoms with Gasteiger partial charge in [-0.1, -0.05) is 6.07 Å². The average molecular weight is 204 g/mol. The Kier molecular flexibility index (Phi) is 3.65. The molecule has 15 heavy (non-hydrogen) atoms. The molecule has 1 aromatic carbocycles. The lowest BCUT2D eigenvalue weighted by atomic mass is 10.2. The normalized spacial score (nSPS) is 11.2. The Labute approximate surface area is 87.3 Å². The summed E-state index contributed by atoms with van der Waals surface area (Å²) in [4.78, 5) is 0. The van der Waals surface area contributed by atoms with Gasteiger partial charge in [0.15, 0.2) is 0 Å². The van der Waals surface area contributed by atoms with Crippen molar-refractivity contribution in [3.05, 3.63) is 29.6 Å². The summed E-state index contributed by atoms with van der Waals surface area (Å²) in [6, 6.07) is 7.83. The number of hydrogen-bond acceptors (Lipinski definition) is 3. The molecule has 1 aromatic rings. The van der Waals surface area contributed by atoms with Gasteiger partial charge in [-0.05, 0) is 19.1 Å². The molecule has 0 radical (unpaired) electrons. The van der Waals surface area contributed by atoms with Crippen LogP contribution in [0.15, 0.2) is 18.2 Å². The summed E-state index contributed by atoms with van der Waals surface area (Å²) >= 11 is 0. The fraction of sp³-hybridized carbons (Fsp3) is 0.273. The molecule has 1 unspecified atom stereocenters. The fourth-order valence-corrected chi connectivity index (χ4v) is 1.10. The number of hydrogen-bond donors (Lipinski definition) is 0. The highest BCUT2D eigenvalue weighted by Crippen LogP contribution is 2.21. The van der Waals surface area contributed by atoms with Crippen molar-refractivity contribution >= 4 is 0 Å². The standard InChI is InChI=1S/C11H9FN2O/c1-8(5-6-13)15-11-4-2-3-10(12)9(11)7-14/h2-4,8H,5H2,1H3. The zero-order valence-corrected chi connectivity index (χ0v) is 8.20. The van der Waals surface area contributed by atoms with Gasteiger partial charge in [-0.2, -0.15) is 10.5 Å². The molecule has 0 spiro atoms. The Balaban J connectivity index is 2.92. The van der Waals surface area contributed by atoms with Crippen molar-refractivity contribution in [2.75, 3.05) is 0 Å². The molecule has 0 aliphatic heterocycles. The lowest BCUT2D eigenvalue weighted by Crippen LogP contribution is -2.11. The molecule has 4 heteroatoms. The second-order valence-corrected chi connectivity index (χ2v) is 3.02. The van der Waals surface area contributed by atoms with E-state index in [1.165, 1.54) is 18.2 Å². The SMILES string of the molecule is CC(CC#N)Oc1cccc(F)c1C#N. The van der Waals surface area contributed by atoms with E-state index in [2.05, 4.69) is 0 Å². The van der Waals surface area contributed by atoms with E-state index < -0.39 is 5.82 Å². The number of nitriles is 2. The average Bonchev–Trinajstić information content (AvgIpc) is 2.18. The quantitative estimate of drug-likeness (QED) is 0.759. The predicted octanol–water partition coefficient (Wildman–Crippen LogP) is 2.38. The molecule has 1 rings (SSSR count). The summed E-state index contributed by atoms with van der Waals surface area (Å²) < 4.78 is 18.4. The molecular weight excluding hydrogens is 195 g/mol. The van der Waals surface area contributed by atoms with Gasteiger partial charge in [0, 0.05) is 0 Å². The molecule has 3 nitrogen and oxygen atoms in total. The van der Waals surface area contributed by atoms with E-state index in [0.29, 0.717) is 0 Å². The highest BCUT2D eigenvalue weighted by atomic mass is 19.1. The van der Waals surface area contributed by atoms with E-state index in [1.54, 1.807) is 13.0 Å². The van der Waals surface area contributed by atoms with E-state index in [-0.39, 0.29) is 23.8 Å². The van der Waals surface area contributed by atoms with Crippen LogP contribution >= 0.6 is 0 Å². The first-order valence-corrected chi connectivity index (χ1v) is 4.41. The number of nitrogens with zero attached hydrogens (tertiary/aromatic N) is 2. The van der Waals surface area contributed by atoms with Crippen molar-refractivity contribution in [1.82, 2.24) is 0 Å². The zero-order valence-electron chi connectivity index (χ0n) is 8.20. The lowest BCUT2D eigenvalue weighted by molar-refractivity contribution is 0.225. The third-order valence-electron chi connectivity index (χ3n) is 1.79. The van der Waals surface area contributed by atoms with Crippen molar-refractivity contribution in [1.29, 1.82) is 10.5 Å². The largest absolute Gasteiger partial charge is 0.488 e. The fourth-order valence-electron chi connectivity index (χ4n) is 1.10. The molecule has 0 aromatic heterocycles. The summed E-state index contributed by atoms with van der Waals surface area (Å²) in [7, 11) is 0. The van der Waals surface area contributed by atoms with Gasteiger partial charge in [0.25, 0.3) is 0 Å². The lowest BCUT2D eigenvalue weighted by Gasteiger charge is -2.12. The maximum atomic E-state index is 13.1. The molecule has 0 heterocycles. The van der Waals surface area contributed by atoms with Crippen LogP contribution in [0.3, 0.4) is 0 Å². The second kappa shape index (κ2) is 4.97. The maximum absolute atomic E-state index is 13.1. The van der Waals surface area contributed by atoms with E-state index in [9.17, 15) is 4.39 Å². The number of halogens is 1. The van der Waals surface area contributed by atoms with Crippen molar-refractivity contribution in [3.63, 3.8) is 0 Å². The molecule has 0 aliphatic carbocycles. The molecule has 0 saturated heterocycles. The van der Waals surface area contributed by atoms with Crippen LogP contribution in [0.4, 0.5) is 4.39 Å². The van der Waals surface area contributed by atoms with Crippen molar-refractivity contribution < 1.29 is 9.13 Å². The van der Waals surface area contributed by atoms with Gasteiger partial charge in [0.05, 0.1) is 12.5 Å². The molecule has 0 saturated carbocycles. The maximum Gasteiger partial charge on any atom is 0.144 e.